The average molecular weight is 200 g/mol. The minimum Gasteiger partial charge on any atom is -0.354 e. The maximum absolute atomic E-state index is 11.1. The first-order valence-corrected chi connectivity index (χ1v) is 4.63. The van der Waals surface area contributed by atoms with Gasteiger partial charge in [-0.25, -0.2) is 5.84 Å². The van der Waals surface area contributed by atoms with Gasteiger partial charge in [-0.1, -0.05) is 0 Å². The third-order valence-corrected chi connectivity index (χ3v) is 2.33. The van der Waals surface area contributed by atoms with E-state index in [0.29, 0.717) is 19.5 Å². The number of piperazine rings is 1. The molecule has 0 saturated carbocycles. The second-order valence-electron chi connectivity index (χ2n) is 3.44. The summed E-state index contributed by atoms with van der Waals surface area (Å²) in [6.07, 6.45) is 0.323. The van der Waals surface area contributed by atoms with Gasteiger partial charge in [0.1, 0.15) is 0 Å². The zero-order chi connectivity index (χ0) is 10.6. The molecule has 6 heteroatoms. The second-order valence-corrected chi connectivity index (χ2v) is 3.44. The first-order chi connectivity index (χ1) is 6.63. The summed E-state index contributed by atoms with van der Waals surface area (Å²) in [6.45, 7) is 3.70. The van der Waals surface area contributed by atoms with E-state index in [2.05, 4.69) is 10.7 Å². The molecule has 14 heavy (non-hydrogen) atoms. The zero-order valence-electron chi connectivity index (χ0n) is 8.25. The summed E-state index contributed by atoms with van der Waals surface area (Å²) in [7, 11) is 0. The lowest BCUT2D eigenvalue weighted by atomic mass is 10.1. The predicted molar refractivity (Wildman–Crippen MR) is 51.0 cm³/mol. The second kappa shape index (κ2) is 4.92. The van der Waals surface area contributed by atoms with E-state index in [9.17, 15) is 9.59 Å². The van der Waals surface area contributed by atoms with Gasteiger partial charge in [-0.2, -0.15) is 0 Å². The van der Waals surface area contributed by atoms with E-state index in [4.69, 9.17) is 5.84 Å². The summed E-state index contributed by atoms with van der Waals surface area (Å²) in [5.74, 6) is 4.79. The minimum absolute atomic E-state index is 0.0104. The third-order valence-electron chi connectivity index (χ3n) is 2.33. The van der Waals surface area contributed by atoms with Gasteiger partial charge in [0, 0.05) is 25.6 Å². The highest BCUT2D eigenvalue weighted by Crippen LogP contribution is 2.04. The molecule has 4 N–H and O–H groups in total. The Morgan fingerprint density at radius 3 is 3.07 bits per heavy atom. The molecule has 0 aromatic carbocycles. The topological polar surface area (TPSA) is 87.5 Å². The smallest absolute Gasteiger partial charge is 0.235 e. The molecule has 1 atom stereocenters. The van der Waals surface area contributed by atoms with Crippen LogP contribution in [0.15, 0.2) is 0 Å². The van der Waals surface area contributed by atoms with Crippen molar-refractivity contribution in [2.45, 2.75) is 19.4 Å². The van der Waals surface area contributed by atoms with Gasteiger partial charge in [0.2, 0.25) is 11.8 Å². The van der Waals surface area contributed by atoms with Crippen LogP contribution in [-0.2, 0) is 9.59 Å². The first kappa shape index (κ1) is 10.9. The number of hydrogen-bond donors (Lipinski definition) is 3. The molecule has 0 radical (unpaired) electrons. The van der Waals surface area contributed by atoms with E-state index < -0.39 is 0 Å². The van der Waals surface area contributed by atoms with Crippen molar-refractivity contribution in [2.75, 3.05) is 19.6 Å². The molecule has 80 valence electrons. The molecule has 1 aliphatic rings. The number of rotatable bonds is 3. The Morgan fingerprint density at radius 2 is 2.50 bits per heavy atom. The normalized spacial score (nSPS) is 20.0. The summed E-state index contributed by atoms with van der Waals surface area (Å²) in [6, 6.07) is 0.0459. The van der Waals surface area contributed by atoms with E-state index in [1.54, 1.807) is 0 Å². The highest BCUT2D eigenvalue weighted by atomic mass is 16.2. The number of nitrogens with zero attached hydrogens (tertiary/aromatic N) is 1. The van der Waals surface area contributed by atoms with E-state index in [1.165, 1.54) is 0 Å². The SMILES string of the molecule is CC(CC(=O)NN)N1CCNC(=O)C1. The fraction of sp³-hybridized carbons (Fsp3) is 0.750. The van der Waals surface area contributed by atoms with Crippen LogP contribution in [-0.4, -0.2) is 42.4 Å². The number of hydrogen-bond acceptors (Lipinski definition) is 4. The van der Waals surface area contributed by atoms with Crippen LogP contribution in [0.25, 0.3) is 0 Å². The van der Waals surface area contributed by atoms with Gasteiger partial charge in [0.15, 0.2) is 0 Å². The van der Waals surface area contributed by atoms with Crippen molar-refractivity contribution in [3.63, 3.8) is 0 Å². The van der Waals surface area contributed by atoms with E-state index in [-0.39, 0.29) is 17.9 Å². The number of carbonyl (C=O) groups is 2. The molecule has 1 fully saturated rings. The summed E-state index contributed by atoms with van der Waals surface area (Å²) in [5.41, 5.74) is 2.08. The first-order valence-electron chi connectivity index (χ1n) is 4.63. The molecule has 1 heterocycles. The van der Waals surface area contributed by atoms with Gasteiger partial charge in [-0.3, -0.25) is 19.9 Å². The number of nitrogens with one attached hydrogen (secondary N) is 2. The van der Waals surface area contributed by atoms with Gasteiger partial charge in [0.25, 0.3) is 0 Å². The maximum Gasteiger partial charge on any atom is 0.235 e. The fourth-order valence-electron chi connectivity index (χ4n) is 1.49. The molecule has 1 unspecified atom stereocenters. The lowest BCUT2D eigenvalue weighted by Gasteiger charge is -2.31. The zero-order valence-corrected chi connectivity index (χ0v) is 8.25. The molecule has 0 aromatic heterocycles. The van der Waals surface area contributed by atoms with Gasteiger partial charge >= 0.3 is 0 Å². The molecule has 1 aliphatic heterocycles. The van der Waals surface area contributed by atoms with Crippen LogP contribution in [0.2, 0.25) is 0 Å². The highest BCUT2D eigenvalue weighted by Gasteiger charge is 2.22. The number of amides is 2. The molecule has 1 rings (SSSR count). The quantitative estimate of drug-likeness (QED) is 0.284. The third kappa shape index (κ3) is 2.97. The van der Waals surface area contributed by atoms with Crippen molar-refractivity contribution in [1.82, 2.24) is 15.6 Å². The van der Waals surface area contributed by atoms with E-state index >= 15 is 0 Å². The van der Waals surface area contributed by atoms with Crippen molar-refractivity contribution in [2.24, 2.45) is 5.84 Å². The Morgan fingerprint density at radius 1 is 1.79 bits per heavy atom. The monoisotopic (exact) mass is 200 g/mol. The minimum atomic E-state index is -0.205. The van der Waals surface area contributed by atoms with E-state index in [1.807, 2.05) is 11.8 Å². The van der Waals surface area contributed by atoms with Crippen LogP contribution < -0.4 is 16.6 Å². The standard InChI is InChI=1S/C8H16N4O2/c1-6(4-7(13)11-9)12-3-2-10-8(14)5-12/h6H,2-5,9H2,1H3,(H,10,14)(H,11,13). The van der Waals surface area contributed by atoms with Crippen molar-refractivity contribution in [3.8, 4) is 0 Å². The van der Waals surface area contributed by atoms with Crippen molar-refractivity contribution >= 4 is 11.8 Å². The Hall–Kier alpha value is -1.14. The molecule has 6 nitrogen and oxygen atoms in total. The van der Waals surface area contributed by atoms with Gasteiger partial charge in [-0.15, -0.1) is 0 Å². The van der Waals surface area contributed by atoms with Crippen molar-refractivity contribution in [1.29, 1.82) is 0 Å². The summed E-state index contributed by atoms with van der Waals surface area (Å²) >= 11 is 0. The van der Waals surface area contributed by atoms with Crippen LogP contribution in [0.3, 0.4) is 0 Å². The Kier molecular flexibility index (Phi) is 3.84. The fourth-order valence-corrected chi connectivity index (χ4v) is 1.49. The maximum atomic E-state index is 11.1. The molecular formula is C8H16N4O2. The Labute approximate surface area is 82.8 Å². The van der Waals surface area contributed by atoms with Crippen molar-refractivity contribution in [3.05, 3.63) is 0 Å². The average Bonchev–Trinajstić information content (AvgIpc) is 2.17. The van der Waals surface area contributed by atoms with Crippen LogP contribution >= 0.6 is 0 Å². The number of nitrogens with two attached hydrogens (primary N) is 1. The van der Waals surface area contributed by atoms with Gasteiger partial charge in [0.05, 0.1) is 6.54 Å². The largest absolute Gasteiger partial charge is 0.354 e. The summed E-state index contributed by atoms with van der Waals surface area (Å²) in [4.78, 5) is 24.0. The Balaban J connectivity index is 2.39. The van der Waals surface area contributed by atoms with Crippen LogP contribution in [0.5, 0.6) is 0 Å². The molecule has 0 spiro atoms. The summed E-state index contributed by atoms with van der Waals surface area (Å²) < 4.78 is 0. The highest BCUT2D eigenvalue weighted by molar-refractivity contribution is 5.79. The number of hydrazine groups is 1. The van der Waals surface area contributed by atoms with Crippen LogP contribution in [0.4, 0.5) is 0 Å². The molecule has 1 saturated heterocycles. The lowest BCUT2D eigenvalue weighted by molar-refractivity contribution is -0.127. The lowest BCUT2D eigenvalue weighted by Crippen LogP contribution is -2.51. The van der Waals surface area contributed by atoms with Gasteiger partial charge in [-0.05, 0) is 6.92 Å². The van der Waals surface area contributed by atoms with Crippen molar-refractivity contribution < 1.29 is 9.59 Å². The van der Waals surface area contributed by atoms with Crippen LogP contribution in [0, 0.1) is 0 Å². The molecule has 2 amide bonds. The van der Waals surface area contributed by atoms with E-state index in [0.717, 1.165) is 6.54 Å². The van der Waals surface area contributed by atoms with Gasteiger partial charge < -0.3 is 5.32 Å². The number of carbonyl (C=O) groups excluding carboxylic acids is 2. The molecule has 0 bridgehead atoms. The summed E-state index contributed by atoms with van der Waals surface area (Å²) in [5, 5.41) is 2.73. The molecule has 0 aromatic rings. The Bertz CT molecular complexity index is 231. The predicted octanol–water partition coefficient (Wildman–Crippen LogP) is -1.81. The molecule has 0 aliphatic carbocycles. The van der Waals surface area contributed by atoms with Crippen LogP contribution in [0.1, 0.15) is 13.3 Å². The molecular weight excluding hydrogens is 184 g/mol.